The van der Waals surface area contributed by atoms with E-state index >= 15 is 0 Å². The minimum Gasteiger partial charge on any atom is -0.497 e. The minimum absolute atomic E-state index is 0.0612. The second-order valence-electron chi connectivity index (χ2n) is 7.95. The first-order valence-electron chi connectivity index (χ1n) is 9.60. The summed E-state index contributed by atoms with van der Waals surface area (Å²) >= 11 is 0. The number of ether oxygens (including phenoxy) is 1. The molecule has 0 spiro atoms. The smallest absolute Gasteiger partial charge is 0.225 e. The third-order valence-electron chi connectivity index (χ3n) is 5.48. The number of amides is 2. The fourth-order valence-corrected chi connectivity index (χ4v) is 3.98. The highest BCUT2D eigenvalue weighted by atomic mass is 16.5. The third-order valence-corrected chi connectivity index (χ3v) is 5.48. The van der Waals surface area contributed by atoms with Gasteiger partial charge in [-0.15, -0.1) is 6.58 Å². The number of hydrogen-bond acceptors (Lipinski definition) is 3. The van der Waals surface area contributed by atoms with Crippen molar-refractivity contribution in [2.75, 3.05) is 13.7 Å². The van der Waals surface area contributed by atoms with Crippen LogP contribution < -0.4 is 10.1 Å². The van der Waals surface area contributed by atoms with Gasteiger partial charge >= 0.3 is 0 Å². The van der Waals surface area contributed by atoms with Crippen LogP contribution in [-0.4, -0.2) is 36.4 Å². The number of likely N-dealkylation sites (tertiary alicyclic amines) is 1. The molecule has 1 aromatic carbocycles. The van der Waals surface area contributed by atoms with E-state index in [0.717, 1.165) is 37.1 Å². The Balaban J connectivity index is 2.20. The van der Waals surface area contributed by atoms with Gasteiger partial charge in [-0.05, 0) is 42.4 Å². The second-order valence-corrected chi connectivity index (χ2v) is 7.95. The Kier molecular flexibility index (Phi) is 7.05. The number of nitrogens with zero attached hydrogens (tertiary/aromatic N) is 1. The first-order valence-corrected chi connectivity index (χ1v) is 9.60. The number of carbonyl (C=O) groups excluding carboxylic acids is 2. The van der Waals surface area contributed by atoms with Crippen LogP contribution in [0.1, 0.15) is 58.1 Å². The van der Waals surface area contributed by atoms with Crippen molar-refractivity contribution in [3.63, 3.8) is 0 Å². The van der Waals surface area contributed by atoms with Gasteiger partial charge in [0.25, 0.3) is 0 Å². The lowest BCUT2D eigenvalue weighted by Gasteiger charge is -2.46. The van der Waals surface area contributed by atoms with Crippen LogP contribution >= 0.6 is 0 Å². The molecule has 1 aromatic rings. The molecule has 5 nitrogen and oxygen atoms in total. The maximum Gasteiger partial charge on any atom is 0.225 e. The molecule has 1 saturated heterocycles. The van der Waals surface area contributed by atoms with E-state index in [-0.39, 0.29) is 35.7 Å². The molecule has 1 aliphatic heterocycles. The summed E-state index contributed by atoms with van der Waals surface area (Å²) in [5.74, 6) is 0.671. The number of benzene rings is 1. The van der Waals surface area contributed by atoms with Gasteiger partial charge in [0.15, 0.2) is 0 Å². The Morgan fingerprint density at radius 2 is 2.04 bits per heavy atom. The van der Waals surface area contributed by atoms with E-state index in [1.165, 1.54) is 6.92 Å². The molecule has 5 heteroatoms. The van der Waals surface area contributed by atoms with Crippen LogP contribution in [0.15, 0.2) is 36.9 Å². The molecule has 0 saturated carbocycles. The summed E-state index contributed by atoms with van der Waals surface area (Å²) in [6.45, 7) is 10.5. The van der Waals surface area contributed by atoms with Gasteiger partial charge in [-0.1, -0.05) is 32.1 Å². The number of carbonyl (C=O) groups is 2. The van der Waals surface area contributed by atoms with Crippen LogP contribution in [0.2, 0.25) is 0 Å². The van der Waals surface area contributed by atoms with Gasteiger partial charge in [0.2, 0.25) is 11.8 Å². The summed E-state index contributed by atoms with van der Waals surface area (Å²) in [5.41, 5.74) is 0.960. The van der Waals surface area contributed by atoms with Crippen LogP contribution in [0.3, 0.4) is 0 Å². The summed E-state index contributed by atoms with van der Waals surface area (Å²) in [6.07, 6.45) is 5.02. The van der Waals surface area contributed by atoms with Crippen molar-refractivity contribution in [1.82, 2.24) is 10.2 Å². The van der Waals surface area contributed by atoms with Crippen molar-refractivity contribution in [2.45, 2.75) is 58.5 Å². The quantitative estimate of drug-likeness (QED) is 0.740. The van der Waals surface area contributed by atoms with E-state index in [0.29, 0.717) is 0 Å². The van der Waals surface area contributed by atoms with Crippen LogP contribution in [0.4, 0.5) is 0 Å². The van der Waals surface area contributed by atoms with Crippen molar-refractivity contribution in [3.8, 4) is 5.75 Å². The van der Waals surface area contributed by atoms with Gasteiger partial charge in [-0.25, -0.2) is 0 Å². The van der Waals surface area contributed by atoms with Crippen molar-refractivity contribution < 1.29 is 14.3 Å². The lowest BCUT2D eigenvalue weighted by atomic mass is 9.75. The maximum absolute atomic E-state index is 13.2. The standard InChI is InChI=1S/C22H32N2O3/c1-6-8-20-22(3,4)13-7-14-24(20)21(26)15-19(23-16(2)25)17-9-11-18(27-5)12-10-17/h6,9-12,19-20H,1,7-8,13-15H2,2-5H3,(H,23,25)/t19-,20-/m0/s1. The van der Waals surface area contributed by atoms with Crippen LogP contribution in [0.25, 0.3) is 0 Å². The zero-order valence-corrected chi connectivity index (χ0v) is 17.0. The highest BCUT2D eigenvalue weighted by Crippen LogP contribution is 2.38. The molecule has 0 unspecified atom stereocenters. The zero-order chi connectivity index (χ0) is 20.0. The average molecular weight is 373 g/mol. The van der Waals surface area contributed by atoms with Crippen molar-refractivity contribution in [2.24, 2.45) is 5.41 Å². The van der Waals surface area contributed by atoms with Gasteiger partial charge in [0, 0.05) is 19.5 Å². The Bertz CT molecular complexity index is 667. The van der Waals surface area contributed by atoms with Crippen molar-refractivity contribution in [3.05, 3.63) is 42.5 Å². The van der Waals surface area contributed by atoms with E-state index < -0.39 is 0 Å². The number of rotatable bonds is 7. The molecule has 148 valence electrons. The zero-order valence-electron chi connectivity index (χ0n) is 17.0. The number of piperidine rings is 1. The van der Waals surface area contributed by atoms with Gasteiger partial charge in [-0.3, -0.25) is 9.59 Å². The summed E-state index contributed by atoms with van der Waals surface area (Å²) in [6, 6.07) is 7.28. The Labute approximate surface area is 162 Å². The number of hydrogen-bond donors (Lipinski definition) is 1. The molecule has 0 aliphatic carbocycles. The molecule has 0 radical (unpaired) electrons. The second kappa shape index (κ2) is 9.07. The highest BCUT2D eigenvalue weighted by Gasteiger charge is 2.39. The molecule has 27 heavy (non-hydrogen) atoms. The predicted octanol–water partition coefficient (Wildman–Crippen LogP) is 3.86. The molecule has 2 rings (SSSR count). The maximum atomic E-state index is 13.2. The lowest BCUT2D eigenvalue weighted by Crippen LogP contribution is -2.52. The molecule has 0 bridgehead atoms. The normalized spacial score (nSPS) is 19.9. The molecule has 2 atom stereocenters. The SMILES string of the molecule is C=CC[C@@H]1N(C(=O)C[C@H](NC(C)=O)c2ccc(OC)cc2)CCCC1(C)C. The Morgan fingerprint density at radius 1 is 1.37 bits per heavy atom. The van der Waals surface area contributed by atoms with Gasteiger partial charge in [0.05, 0.1) is 19.6 Å². The summed E-state index contributed by atoms with van der Waals surface area (Å²) < 4.78 is 5.20. The molecular weight excluding hydrogens is 340 g/mol. The van der Waals surface area contributed by atoms with Gasteiger partial charge in [-0.2, -0.15) is 0 Å². The monoisotopic (exact) mass is 372 g/mol. The molecule has 1 N–H and O–H groups in total. The number of nitrogens with one attached hydrogen (secondary N) is 1. The first-order chi connectivity index (χ1) is 12.8. The van der Waals surface area contributed by atoms with Crippen LogP contribution in [0, 0.1) is 5.41 Å². The number of methoxy groups -OCH3 is 1. The first kappa shape index (κ1) is 21.0. The largest absolute Gasteiger partial charge is 0.497 e. The van der Waals surface area contributed by atoms with E-state index in [4.69, 9.17) is 4.74 Å². The van der Waals surface area contributed by atoms with Crippen LogP contribution in [0.5, 0.6) is 5.75 Å². The fourth-order valence-electron chi connectivity index (χ4n) is 3.98. The minimum atomic E-state index is -0.352. The van der Waals surface area contributed by atoms with Crippen LogP contribution in [-0.2, 0) is 9.59 Å². The van der Waals surface area contributed by atoms with E-state index in [9.17, 15) is 9.59 Å². The fraction of sp³-hybridized carbons (Fsp3) is 0.545. The average Bonchev–Trinajstić information content (AvgIpc) is 2.62. The Morgan fingerprint density at radius 3 is 2.59 bits per heavy atom. The van der Waals surface area contributed by atoms with E-state index in [1.54, 1.807) is 7.11 Å². The van der Waals surface area contributed by atoms with E-state index in [2.05, 4.69) is 25.7 Å². The summed E-state index contributed by atoms with van der Waals surface area (Å²) in [5, 5.41) is 2.92. The van der Waals surface area contributed by atoms with E-state index in [1.807, 2.05) is 35.2 Å². The summed E-state index contributed by atoms with van der Waals surface area (Å²) in [7, 11) is 1.61. The molecule has 2 amide bonds. The van der Waals surface area contributed by atoms with Gasteiger partial charge in [0.1, 0.15) is 5.75 Å². The van der Waals surface area contributed by atoms with Gasteiger partial charge < -0.3 is 15.0 Å². The predicted molar refractivity (Wildman–Crippen MR) is 107 cm³/mol. The molecule has 1 fully saturated rings. The molecule has 0 aromatic heterocycles. The third kappa shape index (κ3) is 5.34. The summed E-state index contributed by atoms with van der Waals surface area (Å²) in [4.78, 5) is 26.9. The Hall–Kier alpha value is -2.30. The molecule has 1 heterocycles. The molecular formula is C22H32N2O3. The van der Waals surface area contributed by atoms with Crippen molar-refractivity contribution in [1.29, 1.82) is 0 Å². The molecule has 1 aliphatic rings. The van der Waals surface area contributed by atoms with Crippen molar-refractivity contribution >= 4 is 11.8 Å². The highest BCUT2D eigenvalue weighted by molar-refractivity contribution is 5.79. The topological polar surface area (TPSA) is 58.6 Å². The lowest BCUT2D eigenvalue weighted by molar-refractivity contribution is -0.139.